The minimum Gasteiger partial charge on any atom is -0.383 e. The van der Waals surface area contributed by atoms with Crippen molar-refractivity contribution in [2.24, 2.45) is 0 Å². The fourth-order valence-corrected chi connectivity index (χ4v) is 2.39. The number of amides is 1. The van der Waals surface area contributed by atoms with Crippen molar-refractivity contribution in [1.29, 1.82) is 0 Å². The van der Waals surface area contributed by atoms with E-state index in [1.165, 1.54) is 0 Å². The van der Waals surface area contributed by atoms with E-state index in [4.69, 9.17) is 0 Å². The van der Waals surface area contributed by atoms with E-state index in [1.54, 1.807) is 29.7 Å². The molecule has 0 spiro atoms. The third kappa shape index (κ3) is 2.72. The average Bonchev–Trinajstić information content (AvgIpc) is 3.00. The summed E-state index contributed by atoms with van der Waals surface area (Å²) in [6.07, 6.45) is 6.05. The van der Waals surface area contributed by atoms with Gasteiger partial charge in [-0.15, -0.1) is 10.2 Å². The first-order chi connectivity index (χ1) is 10.3. The molecule has 0 aliphatic carbocycles. The van der Waals surface area contributed by atoms with Crippen LogP contribution in [0.2, 0.25) is 0 Å². The van der Waals surface area contributed by atoms with Crippen LogP contribution in [0.5, 0.6) is 0 Å². The van der Waals surface area contributed by atoms with Gasteiger partial charge in [0.2, 0.25) is 0 Å². The van der Waals surface area contributed by atoms with Crippen LogP contribution in [0.4, 0.5) is 5.69 Å². The molecule has 0 bridgehead atoms. The Kier molecular flexibility index (Phi) is 3.81. The van der Waals surface area contributed by atoms with Crippen LogP contribution in [0.3, 0.4) is 0 Å². The van der Waals surface area contributed by atoms with Gasteiger partial charge in [0, 0.05) is 25.8 Å². The third-order valence-electron chi connectivity index (χ3n) is 3.54. The van der Waals surface area contributed by atoms with Crippen LogP contribution in [0.15, 0.2) is 24.8 Å². The number of nitrogens with one attached hydrogen (secondary N) is 1. The maximum atomic E-state index is 12.7. The molecular formula is C14H18N6O. The standard InChI is InChI=1S/C14H18N6O/c1-2-4-16-12-8-15-5-3-11(12)14(21)19-6-7-20-10-17-18-13(20)9-19/h3,5,8,10,16H,2,4,6-7,9H2,1H3. The van der Waals surface area contributed by atoms with Gasteiger partial charge in [-0.25, -0.2) is 0 Å². The van der Waals surface area contributed by atoms with E-state index in [-0.39, 0.29) is 5.91 Å². The maximum Gasteiger partial charge on any atom is 0.256 e. The van der Waals surface area contributed by atoms with E-state index >= 15 is 0 Å². The number of carbonyl (C=O) groups is 1. The highest BCUT2D eigenvalue weighted by atomic mass is 16.2. The van der Waals surface area contributed by atoms with E-state index in [0.717, 1.165) is 31.0 Å². The minimum atomic E-state index is 0.00486. The van der Waals surface area contributed by atoms with Crippen molar-refractivity contribution < 1.29 is 4.79 Å². The minimum absolute atomic E-state index is 0.00486. The number of pyridine rings is 1. The van der Waals surface area contributed by atoms with Crippen LogP contribution in [-0.2, 0) is 13.1 Å². The van der Waals surface area contributed by atoms with Crippen molar-refractivity contribution in [1.82, 2.24) is 24.6 Å². The van der Waals surface area contributed by atoms with Crippen molar-refractivity contribution in [3.8, 4) is 0 Å². The van der Waals surface area contributed by atoms with Gasteiger partial charge in [0.1, 0.15) is 6.33 Å². The molecule has 0 unspecified atom stereocenters. The first-order valence-corrected chi connectivity index (χ1v) is 7.13. The Hall–Kier alpha value is -2.44. The van der Waals surface area contributed by atoms with E-state index in [0.29, 0.717) is 18.7 Å². The van der Waals surface area contributed by atoms with Crippen LogP contribution in [0.1, 0.15) is 29.5 Å². The van der Waals surface area contributed by atoms with Gasteiger partial charge in [-0.1, -0.05) is 6.92 Å². The lowest BCUT2D eigenvalue weighted by molar-refractivity contribution is 0.0708. The number of hydrogen-bond acceptors (Lipinski definition) is 5. The Morgan fingerprint density at radius 2 is 2.33 bits per heavy atom. The first-order valence-electron chi connectivity index (χ1n) is 7.13. The Morgan fingerprint density at radius 1 is 1.43 bits per heavy atom. The second-order valence-corrected chi connectivity index (χ2v) is 5.02. The molecule has 3 rings (SSSR count). The summed E-state index contributed by atoms with van der Waals surface area (Å²) >= 11 is 0. The Morgan fingerprint density at radius 3 is 3.19 bits per heavy atom. The van der Waals surface area contributed by atoms with Crippen molar-refractivity contribution >= 4 is 11.6 Å². The van der Waals surface area contributed by atoms with Crippen LogP contribution < -0.4 is 5.32 Å². The smallest absolute Gasteiger partial charge is 0.256 e. The van der Waals surface area contributed by atoms with E-state index < -0.39 is 0 Å². The summed E-state index contributed by atoms with van der Waals surface area (Å²) in [5, 5.41) is 11.2. The fourth-order valence-electron chi connectivity index (χ4n) is 2.39. The van der Waals surface area contributed by atoms with Crippen molar-refractivity contribution in [3.63, 3.8) is 0 Å². The number of aromatic nitrogens is 4. The fraction of sp³-hybridized carbons (Fsp3) is 0.429. The molecule has 7 nitrogen and oxygen atoms in total. The maximum absolute atomic E-state index is 12.7. The highest BCUT2D eigenvalue weighted by molar-refractivity contribution is 5.99. The molecule has 0 fully saturated rings. The average molecular weight is 286 g/mol. The topological polar surface area (TPSA) is 75.9 Å². The quantitative estimate of drug-likeness (QED) is 0.912. The Bertz CT molecular complexity index is 638. The number of hydrogen-bond donors (Lipinski definition) is 1. The Balaban J connectivity index is 1.80. The molecule has 3 heterocycles. The molecule has 2 aromatic rings. The van der Waals surface area contributed by atoms with Crippen molar-refractivity contribution in [2.75, 3.05) is 18.4 Å². The number of rotatable bonds is 4. The second kappa shape index (κ2) is 5.90. The summed E-state index contributed by atoms with van der Waals surface area (Å²) in [6.45, 7) is 4.80. The monoisotopic (exact) mass is 286 g/mol. The van der Waals surface area contributed by atoms with E-state index in [1.807, 2.05) is 4.57 Å². The third-order valence-corrected chi connectivity index (χ3v) is 3.54. The predicted molar refractivity (Wildman–Crippen MR) is 77.8 cm³/mol. The van der Waals surface area contributed by atoms with Gasteiger partial charge in [-0.2, -0.15) is 0 Å². The SMILES string of the molecule is CCCNc1cnccc1C(=O)N1CCn2cnnc2C1. The largest absolute Gasteiger partial charge is 0.383 e. The Labute approximate surface area is 123 Å². The lowest BCUT2D eigenvalue weighted by Gasteiger charge is -2.27. The molecule has 110 valence electrons. The van der Waals surface area contributed by atoms with Gasteiger partial charge in [0.25, 0.3) is 5.91 Å². The molecule has 0 saturated carbocycles. The highest BCUT2D eigenvalue weighted by Gasteiger charge is 2.24. The summed E-state index contributed by atoms with van der Waals surface area (Å²) in [6, 6.07) is 1.76. The van der Waals surface area contributed by atoms with Gasteiger partial charge < -0.3 is 14.8 Å². The first kappa shape index (κ1) is 13.5. The summed E-state index contributed by atoms with van der Waals surface area (Å²) in [4.78, 5) is 18.6. The molecule has 1 N–H and O–H groups in total. The number of fused-ring (bicyclic) bond motifs is 1. The molecular weight excluding hydrogens is 268 g/mol. The van der Waals surface area contributed by atoms with E-state index in [2.05, 4.69) is 27.4 Å². The molecule has 1 amide bonds. The molecule has 0 atom stereocenters. The van der Waals surface area contributed by atoms with Crippen LogP contribution in [0.25, 0.3) is 0 Å². The van der Waals surface area contributed by atoms with Crippen molar-refractivity contribution in [2.45, 2.75) is 26.4 Å². The van der Waals surface area contributed by atoms with Gasteiger partial charge >= 0.3 is 0 Å². The summed E-state index contributed by atoms with van der Waals surface area (Å²) < 4.78 is 1.98. The van der Waals surface area contributed by atoms with Crippen molar-refractivity contribution in [3.05, 3.63) is 36.2 Å². The molecule has 2 aromatic heterocycles. The lowest BCUT2D eigenvalue weighted by Crippen LogP contribution is -2.38. The normalized spacial score (nSPS) is 13.9. The zero-order valence-corrected chi connectivity index (χ0v) is 12.0. The zero-order valence-electron chi connectivity index (χ0n) is 12.0. The van der Waals surface area contributed by atoms with Gasteiger partial charge in [-0.3, -0.25) is 9.78 Å². The number of nitrogens with zero attached hydrogens (tertiary/aromatic N) is 5. The van der Waals surface area contributed by atoms with Gasteiger partial charge in [0.15, 0.2) is 5.82 Å². The molecule has 21 heavy (non-hydrogen) atoms. The number of anilines is 1. The predicted octanol–water partition coefficient (Wildman–Crippen LogP) is 1.15. The highest BCUT2D eigenvalue weighted by Crippen LogP contribution is 2.19. The van der Waals surface area contributed by atoms with Crippen LogP contribution in [0, 0.1) is 0 Å². The van der Waals surface area contributed by atoms with Crippen LogP contribution >= 0.6 is 0 Å². The molecule has 7 heteroatoms. The molecule has 1 aliphatic rings. The second-order valence-electron chi connectivity index (χ2n) is 5.02. The zero-order chi connectivity index (χ0) is 14.7. The summed E-state index contributed by atoms with van der Waals surface area (Å²) in [5.74, 6) is 0.831. The molecule has 0 aromatic carbocycles. The molecule has 0 saturated heterocycles. The molecule has 1 aliphatic heterocycles. The van der Waals surface area contributed by atoms with Gasteiger partial charge in [0.05, 0.1) is 24.0 Å². The van der Waals surface area contributed by atoms with E-state index in [9.17, 15) is 4.79 Å². The summed E-state index contributed by atoms with van der Waals surface area (Å²) in [7, 11) is 0. The lowest BCUT2D eigenvalue weighted by atomic mass is 10.2. The summed E-state index contributed by atoms with van der Waals surface area (Å²) in [5.41, 5.74) is 1.45. The number of carbonyl (C=O) groups excluding carboxylic acids is 1. The van der Waals surface area contributed by atoms with Gasteiger partial charge in [-0.05, 0) is 12.5 Å². The van der Waals surface area contributed by atoms with Crippen LogP contribution in [-0.4, -0.2) is 43.6 Å². The molecule has 0 radical (unpaired) electrons.